The molecule has 0 saturated heterocycles. The molecule has 0 spiro atoms. The molecule has 0 heterocycles. The van der Waals surface area contributed by atoms with Crippen LogP contribution in [-0.4, -0.2) is 50.4 Å². The number of carboxylic acids is 1. The van der Waals surface area contributed by atoms with Gasteiger partial charge in [-0.1, -0.05) is 20.8 Å². The van der Waals surface area contributed by atoms with Crippen LogP contribution in [0.4, 0.5) is 0 Å². The molecular weight excluding hydrogens is 424 g/mol. The Hall–Kier alpha value is -1.18. The average molecular weight is 467 g/mol. The SMILES string of the molecule is CC(=O)O[C@@]1(O)CC[C@@]2(C)[C@H](C[C@@H](O)[C@@H]3[C@@H]2C[C@H](O)[C@]2(C)[C@@H]([C@H](C)CCC(=O)O)CC[C@@H]32)C1. The highest BCUT2D eigenvalue weighted by Gasteiger charge is 2.66. The Kier molecular flexibility index (Phi) is 6.41. The molecule has 188 valence electrons. The number of carbonyl (C=O) groups excluding carboxylic acids is 1. The average Bonchev–Trinajstić information content (AvgIpc) is 3.06. The van der Waals surface area contributed by atoms with Crippen molar-refractivity contribution in [2.24, 2.45) is 46.3 Å². The van der Waals surface area contributed by atoms with E-state index in [2.05, 4.69) is 20.8 Å². The predicted molar refractivity (Wildman–Crippen MR) is 121 cm³/mol. The minimum atomic E-state index is -1.47. The Morgan fingerprint density at radius 1 is 1.09 bits per heavy atom. The van der Waals surface area contributed by atoms with Crippen LogP contribution in [0.5, 0.6) is 0 Å². The number of carboxylic acid groups (broad SMARTS) is 1. The van der Waals surface area contributed by atoms with Gasteiger partial charge in [-0.3, -0.25) is 9.59 Å². The summed E-state index contributed by atoms with van der Waals surface area (Å²) in [7, 11) is 0. The zero-order valence-corrected chi connectivity index (χ0v) is 20.5. The molecule has 0 aromatic heterocycles. The summed E-state index contributed by atoms with van der Waals surface area (Å²) in [5, 5.41) is 43.0. The van der Waals surface area contributed by atoms with Crippen molar-refractivity contribution in [3.8, 4) is 0 Å². The van der Waals surface area contributed by atoms with E-state index in [9.17, 15) is 24.9 Å². The summed E-state index contributed by atoms with van der Waals surface area (Å²) in [4.78, 5) is 22.6. The van der Waals surface area contributed by atoms with Gasteiger partial charge in [0.1, 0.15) is 0 Å². The first-order chi connectivity index (χ1) is 15.3. The molecule has 4 saturated carbocycles. The number of carbonyl (C=O) groups is 2. The molecule has 4 rings (SSSR count). The Labute approximate surface area is 196 Å². The highest BCUT2D eigenvalue weighted by Crippen LogP contribution is 2.69. The maximum absolute atomic E-state index is 11.6. The van der Waals surface area contributed by atoms with E-state index in [1.165, 1.54) is 6.92 Å². The number of aliphatic carboxylic acids is 1. The van der Waals surface area contributed by atoms with Crippen LogP contribution >= 0.6 is 0 Å². The third-order valence-corrected chi connectivity index (χ3v) is 10.7. The number of fused-ring (bicyclic) bond motifs is 5. The van der Waals surface area contributed by atoms with Crippen LogP contribution in [0.2, 0.25) is 0 Å². The summed E-state index contributed by atoms with van der Waals surface area (Å²) in [5.41, 5.74) is -0.456. The second kappa shape index (κ2) is 8.49. The van der Waals surface area contributed by atoms with Crippen molar-refractivity contribution in [1.82, 2.24) is 0 Å². The molecule has 7 nitrogen and oxygen atoms in total. The monoisotopic (exact) mass is 466 g/mol. The molecule has 11 atom stereocenters. The zero-order valence-electron chi connectivity index (χ0n) is 20.5. The lowest BCUT2D eigenvalue weighted by Gasteiger charge is -2.64. The maximum atomic E-state index is 11.6. The van der Waals surface area contributed by atoms with E-state index in [-0.39, 0.29) is 52.8 Å². The van der Waals surface area contributed by atoms with E-state index in [4.69, 9.17) is 9.84 Å². The fourth-order valence-electron chi connectivity index (χ4n) is 9.02. The fourth-order valence-corrected chi connectivity index (χ4v) is 9.02. The number of hydrogen-bond acceptors (Lipinski definition) is 6. The molecule has 4 aliphatic rings. The molecule has 0 aliphatic heterocycles. The van der Waals surface area contributed by atoms with E-state index in [0.29, 0.717) is 38.5 Å². The van der Waals surface area contributed by atoms with E-state index in [1.807, 2.05) is 0 Å². The summed E-state index contributed by atoms with van der Waals surface area (Å²) >= 11 is 0. The van der Waals surface area contributed by atoms with Gasteiger partial charge in [0.2, 0.25) is 5.79 Å². The molecule has 0 aromatic rings. The summed E-state index contributed by atoms with van der Waals surface area (Å²) in [6, 6.07) is 0. The van der Waals surface area contributed by atoms with E-state index in [0.717, 1.165) is 12.8 Å². The number of rotatable bonds is 5. The number of hydrogen-bond donors (Lipinski definition) is 4. The molecule has 0 amide bonds. The van der Waals surface area contributed by atoms with Gasteiger partial charge in [-0.05, 0) is 84.9 Å². The Morgan fingerprint density at radius 3 is 2.42 bits per heavy atom. The van der Waals surface area contributed by atoms with Crippen LogP contribution in [0, 0.1) is 46.3 Å². The minimum Gasteiger partial charge on any atom is -0.481 e. The smallest absolute Gasteiger partial charge is 0.305 e. The van der Waals surface area contributed by atoms with Crippen molar-refractivity contribution in [1.29, 1.82) is 0 Å². The normalized spacial score (nSPS) is 50.0. The molecule has 4 fully saturated rings. The van der Waals surface area contributed by atoms with Crippen molar-refractivity contribution in [3.05, 3.63) is 0 Å². The number of ether oxygens (including phenoxy) is 1. The Morgan fingerprint density at radius 2 is 1.79 bits per heavy atom. The topological polar surface area (TPSA) is 124 Å². The Bertz CT molecular complexity index is 785. The highest BCUT2D eigenvalue weighted by molar-refractivity contribution is 5.66. The summed E-state index contributed by atoms with van der Waals surface area (Å²) in [6.07, 6.45) is 4.25. The molecule has 0 bridgehead atoms. The first-order valence-electron chi connectivity index (χ1n) is 12.8. The summed E-state index contributed by atoms with van der Waals surface area (Å²) < 4.78 is 5.27. The van der Waals surface area contributed by atoms with Crippen LogP contribution in [-0.2, 0) is 14.3 Å². The first-order valence-corrected chi connectivity index (χ1v) is 12.8. The van der Waals surface area contributed by atoms with Crippen LogP contribution < -0.4 is 0 Å². The van der Waals surface area contributed by atoms with Crippen LogP contribution in [0.25, 0.3) is 0 Å². The van der Waals surface area contributed by atoms with Gasteiger partial charge in [-0.2, -0.15) is 0 Å². The minimum absolute atomic E-state index is 0.0232. The highest BCUT2D eigenvalue weighted by atomic mass is 16.7. The predicted octanol–water partition coefficient (Wildman–Crippen LogP) is 3.34. The van der Waals surface area contributed by atoms with Crippen LogP contribution in [0.3, 0.4) is 0 Å². The largest absolute Gasteiger partial charge is 0.481 e. The molecular formula is C26H42O7. The third kappa shape index (κ3) is 4.02. The van der Waals surface area contributed by atoms with Crippen LogP contribution in [0.1, 0.15) is 85.5 Å². The molecule has 4 N–H and O–H groups in total. The van der Waals surface area contributed by atoms with E-state index in [1.54, 1.807) is 0 Å². The van der Waals surface area contributed by atoms with Gasteiger partial charge in [-0.15, -0.1) is 0 Å². The lowest BCUT2D eigenvalue weighted by molar-refractivity contribution is -0.264. The van der Waals surface area contributed by atoms with Crippen molar-refractivity contribution in [2.45, 2.75) is 103 Å². The quantitative estimate of drug-likeness (QED) is 0.362. The van der Waals surface area contributed by atoms with Crippen molar-refractivity contribution in [3.63, 3.8) is 0 Å². The van der Waals surface area contributed by atoms with Gasteiger partial charge in [0.05, 0.1) is 12.2 Å². The van der Waals surface area contributed by atoms with Gasteiger partial charge in [0.25, 0.3) is 0 Å². The summed E-state index contributed by atoms with van der Waals surface area (Å²) in [5.74, 6) is -1.82. The van der Waals surface area contributed by atoms with Gasteiger partial charge in [-0.25, -0.2) is 0 Å². The molecule has 7 heteroatoms. The maximum Gasteiger partial charge on any atom is 0.305 e. The number of esters is 1. The van der Waals surface area contributed by atoms with Gasteiger partial charge < -0.3 is 25.2 Å². The number of aliphatic hydroxyl groups excluding tert-OH is 2. The standard InChI is InChI=1S/C26H42O7/c1-14(5-8-22(30)31)17-6-7-18-23-19(12-21(29)25(17,18)4)24(3)9-10-26(32,33-15(2)27)13-16(24)11-20(23)28/h14,16-21,23,28-29,32H,5-13H2,1-4H3,(H,30,31)/t14-,16-,17-,18+,19+,20-,21+,23+,24+,25-,26+/m1/s1. The lowest BCUT2D eigenvalue weighted by Crippen LogP contribution is -2.63. The van der Waals surface area contributed by atoms with Crippen LogP contribution in [0.15, 0.2) is 0 Å². The van der Waals surface area contributed by atoms with Gasteiger partial charge in [0, 0.05) is 26.2 Å². The molecule has 4 aliphatic carbocycles. The molecule has 33 heavy (non-hydrogen) atoms. The van der Waals surface area contributed by atoms with Gasteiger partial charge in [0.15, 0.2) is 0 Å². The van der Waals surface area contributed by atoms with Crippen molar-refractivity contribution in [2.75, 3.05) is 0 Å². The van der Waals surface area contributed by atoms with E-state index < -0.39 is 29.9 Å². The Balaban J connectivity index is 1.58. The zero-order chi connectivity index (χ0) is 24.3. The third-order valence-electron chi connectivity index (χ3n) is 10.7. The summed E-state index contributed by atoms with van der Waals surface area (Å²) in [6.45, 7) is 7.84. The molecule has 0 aromatic carbocycles. The molecule has 0 unspecified atom stereocenters. The fraction of sp³-hybridized carbons (Fsp3) is 0.923. The van der Waals surface area contributed by atoms with Crippen molar-refractivity contribution >= 4 is 11.9 Å². The lowest BCUT2D eigenvalue weighted by atomic mass is 9.43. The van der Waals surface area contributed by atoms with Crippen molar-refractivity contribution < 1.29 is 34.8 Å². The number of aliphatic hydroxyl groups is 3. The first kappa shape index (κ1) is 24.9. The second-order valence-electron chi connectivity index (χ2n) is 12.3. The van der Waals surface area contributed by atoms with E-state index >= 15 is 0 Å². The molecule has 0 radical (unpaired) electrons. The second-order valence-corrected chi connectivity index (χ2v) is 12.3. The van der Waals surface area contributed by atoms with Gasteiger partial charge >= 0.3 is 11.9 Å².